The van der Waals surface area contributed by atoms with Crippen molar-refractivity contribution in [3.8, 4) is 11.1 Å². The number of hydrogen-bond acceptors (Lipinski definition) is 2. The first-order valence-electron chi connectivity index (χ1n) is 9.35. The molecule has 0 radical (unpaired) electrons. The van der Waals surface area contributed by atoms with Crippen molar-refractivity contribution in [2.75, 3.05) is 0 Å². The number of nitrogens with zero attached hydrogens (tertiary/aromatic N) is 1. The molecule has 5 heteroatoms. The van der Waals surface area contributed by atoms with Crippen molar-refractivity contribution in [2.45, 2.75) is 5.16 Å². The third kappa shape index (κ3) is 3.94. The number of nitro groups is 1. The molecule has 1 unspecified atom stereocenters. The van der Waals surface area contributed by atoms with Crippen LogP contribution in [0.1, 0.15) is 16.7 Å². The van der Waals surface area contributed by atoms with Gasteiger partial charge in [0.05, 0.1) is 15.6 Å². The van der Waals surface area contributed by atoms with Crippen LogP contribution in [0.3, 0.4) is 0 Å². The van der Waals surface area contributed by atoms with Crippen LogP contribution in [0.15, 0.2) is 109 Å². The van der Waals surface area contributed by atoms with E-state index in [4.69, 9.17) is 0 Å². The van der Waals surface area contributed by atoms with Gasteiger partial charge in [0.2, 0.25) is 0 Å². The fourth-order valence-electron chi connectivity index (χ4n) is 3.79. The number of benzene rings is 4. The summed E-state index contributed by atoms with van der Waals surface area (Å²) in [6, 6.07) is 34.9. The Kier molecular flexibility index (Phi) is 6.81. The average molecular weight is 478 g/mol. The van der Waals surface area contributed by atoms with Gasteiger partial charge in [-0.05, 0) is 22.8 Å². The molecule has 0 bridgehead atoms. The minimum Gasteiger partial charge on any atom is -0.258 e. The highest BCUT2D eigenvalue weighted by Crippen LogP contribution is 2.50. The topological polar surface area (TPSA) is 43.1 Å². The maximum atomic E-state index is 12.3. The van der Waals surface area contributed by atoms with Crippen LogP contribution in [0.2, 0.25) is 0 Å². The molecule has 0 amide bonds. The van der Waals surface area contributed by atoms with Crippen molar-refractivity contribution in [1.82, 2.24) is 0 Å². The highest BCUT2D eigenvalue weighted by Gasteiger charge is 2.38. The fraction of sp³-hybridized carbons (Fsp3) is 0.0400. The Morgan fingerprint density at radius 3 is 1.60 bits per heavy atom. The minimum atomic E-state index is -0.754. The Labute approximate surface area is 188 Å². The Morgan fingerprint density at radius 1 is 0.667 bits per heavy atom. The van der Waals surface area contributed by atoms with E-state index in [-0.39, 0.29) is 27.6 Å². The summed E-state index contributed by atoms with van der Waals surface area (Å²) in [6.07, 6.45) is 0. The van der Waals surface area contributed by atoms with Crippen LogP contribution in [-0.4, -0.2) is 4.92 Å². The smallest absolute Gasteiger partial charge is 0.258 e. The molecule has 0 saturated heterocycles. The Bertz CT molecular complexity index is 1100. The van der Waals surface area contributed by atoms with Gasteiger partial charge in [-0.15, -0.1) is 26.2 Å². The van der Waals surface area contributed by atoms with Gasteiger partial charge in [-0.3, -0.25) is 10.1 Å². The van der Waals surface area contributed by atoms with E-state index >= 15 is 0 Å². The largest absolute Gasteiger partial charge is 0.281 e. The lowest BCUT2D eigenvalue weighted by molar-refractivity contribution is -0.385. The standard InChI is InChI=1S/C25H20NO2P.BrH/c27-26(28)24-22(19-11-4-1-5-12-19)17-10-18-23(24)25(29,20-13-6-2-7-14-20)21-15-8-3-9-16-21;/h1-18H,29H2;1H. The van der Waals surface area contributed by atoms with Gasteiger partial charge in [-0.2, -0.15) is 0 Å². The second kappa shape index (κ2) is 9.34. The number of rotatable bonds is 5. The molecule has 0 aromatic heterocycles. The molecule has 0 fully saturated rings. The van der Waals surface area contributed by atoms with E-state index in [1.807, 2.05) is 109 Å². The van der Waals surface area contributed by atoms with E-state index in [2.05, 4.69) is 9.24 Å². The summed E-state index contributed by atoms with van der Waals surface area (Å²) < 4.78 is 0. The lowest BCUT2D eigenvalue weighted by atomic mass is 9.81. The lowest BCUT2D eigenvalue weighted by Crippen LogP contribution is -2.23. The van der Waals surface area contributed by atoms with Crippen LogP contribution in [0.25, 0.3) is 11.1 Å². The first-order chi connectivity index (χ1) is 14.1. The van der Waals surface area contributed by atoms with Crippen LogP contribution < -0.4 is 0 Å². The van der Waals surface area contributed by atoms with E-state index in [0.29, 0.717) is 11.1 Å². The molecule has 4 rings (SSSR count). The van der Waals surface area contributed by atoms with Crippen LogP contribution in [0.5, 0.6) is 0 Å². The normalized spacial score (nSPS) is 10.8. The zero-order valence-electron chi connectivity index (χ0n) is 16.1. The van der Waals surface area contributed by atoms with Crippen LogP contribution >= 0.6 is 26.2 Å². The first kappa shape index (κ1) is 21.9. The zero-order valence-corrected chi connectivity index (χ0v) is 19.0. The molecular formula is C25H21BrNO2P. The molecule has 150 valence electrons. The van der Waals surface area contributed by atoms with Crippen molar-refractivity contribution >= 4 is 31.9 Å². The Morgan fingerprint density at radius 2 is 1.13 bits per heavy atom. The highest BCUT2D eigenvalue weighted by atomic mass is 79.9. The van der Waals surface area contributed by atoms with Crippen molar-refractivity contribution in [2.24, 2.45) is 0 Å². The molecule has 30 heavy (non-hydrogen) atoms. The van der Waals surface area contributed by atoms with Gasteiger partial charge >= 0.3 is 0 Å². The van der Waals surface area contributed by atoms with E-state index in [9.17, 15) is 10.1 Å². The molecule has 4 aromatic rings. The Balaban J connectivity index is 0.00000256. The van der Waals surface area contributed by atoms with Crippen molar-refractivity contribution in [1.29, 1.82) is 0 Å². The van der Waals surface area contributed by atoms with Crippen LogP contribution in [0.4, 0.5) is 5.69 Å². The number of para-hydroxylation sites is 1. The average Bonchev–Trinajstić information content (AvgIpc) is 2.79. The summed E-state index contributed by atoms with van der Waals surface area (Å²) in [4.78, 5) is 12.1. The third-order valence-corrected chi connectivity index (χ3v) is 6.16. The van der Waals surface area contributed by atoms with Crippen LogP contribution in [0, 0.1) is 10.1 Å². The predicted octanol–water partition coefficient (Wildman–Crippen LogP) is 7.01. The highest BCUT2D eigenvalue weighted by molar-refractivity contribution is 8.93. The van der Waals surface area contributed by atoms with Gasteiger partial charge in [0.15, 0.2) is 0 Å². The molecule has 0 aliphatic rings. The molecule has 3 nitrogen and oxygen atoms in total. The van der Waals surface area contributed by atoms with Crippen molar-refractivity contribution < 1.29 is 4.92 Å². The number of halogens is 1. The molecule has 0 N–H and O–H groups in total. The van der Waals surface area contributed by atoms with E-state index < -0.39 is 5.16 Å². The molecule has 4 aromatic carbocycles. The molecule has 0 heterocycles. The molecule has 0 aliphatic heterocycles. The van der Waals surface area contributed by atoms with E-state index in [1.54, 1.807) is 0 Å². The van der Waals surface area contributed by atoms with Crippen LogP contribution in [-0.2, 0) is 5.16 Å². The second-order valence-electron chi connectivity index (χ2n) is 6.86. The second-order valence-corrected chi connectivity index (χ2v) is 7.73. The SMILES string of the molecule is Br.O=[N+]([O-])c1c(-c2ccccc2)cccc1C(P)(c1ccccc1)c1ccccc1. The molecule has 0 saturated carbocycles. The zero-order chi connectivity index (χ0) is 20.3. The Hall–Kier alpha value is -2.81. The molecule has 0 aliphatic carbocycles. The molecule has 1 atom stereocenters. The van der Waals surface area contributed by atoms with Crippen molar-refractivity contribution in [3.05, 3.63) is 136 Å². The molecular weight excluding hydrogens is 457 g/mol. The van der Waals surface area contributed by atoms with Gasteiger partial charge in [0.1, 0.15) is 0 Å². The maximum Gasteiger partial charge on any atom is 0.281 e. The number of hydrogen-bond donors (Lipinski definition) is 0. The summed E-state index contributed by atoms with van der Waals surface area (Å²) in [5.41, 5.74) is 4.17. The maximum absolute atomic E-state index is 12.3. The summed E-state index contributed by atoms with van der Waals surface area (Å²) in [6.45, 7) is 0. The predicted molar refractivity (Wildman–Crippen MR) is 131 cm³/mol. The van der Waals surface area contributed by atoms with Gasteiger partial charge in [0.25, 0.3) is 5.69 Å². The minimum absolute atomic E-state index is 0. The first-order valence-corrected chi connectivity index (χ1v) is 9.93. The lowest BCUT2D eigenvalue weighted by Gasteiger charge is -2.31. The van der Waals surface area contributed by atoms with E-state index in [1.165, 1.54) is 0 Å². The van der Waals surface area contributed by atoms with Gasteiger partial charge in [-0.25, -0.2) is 0 Å². The monoisotopic (exact) mass is 477 g/mol. The fourth-order valence-corrected chi connectivity index (χ4v) is 4.41. The van der Waals surface area contributed by atoms with Gasteiger partial charge in [-0.1, -0.05) is 103 Å². The van der Waals surface area contributed by atoms with E-state index in [0.717, 1.165) is 16.7 Å². The quantitative estimate of drug-likeness (QED) is 0.134. The summed E-state index contributed by atoms with van der Waals surface area (Å²) in [5.74, 6) is 0. The summed E-state index contributed by atoms with van der Waals surface area (Å²) >= 11 is 0. The van der Waals surface area contributed by atoms with Gasteiger partial charge in [0, 0.05) is 5.56 Å². The molecule has 0 spiro atoms. The van der Waals surface area contributed by atoms with Crippen molar-refractivity contribution in [3.63, 3.8) is 0 Å². The number of nitro benzene ring substituents is 1. The summed E-state index contributed by atoms with van der Waals surface area (Å²) in [7, 11) is 2.89. The summed E-state index contributed by atoms with van der Waals surface area (Å²) in [5, 5.41) is 11.6. The van der Waals surface area contributed by atoms with Gasteiger partial charge < -0.3 is 0 Å². The third-order valence-electron chi connectivity index (χ3n) is 5.19.